The molecule has 0 spiro atoms. The number of nitrogens with two attached hydrogens (primary N) is 1. The third kappa shape index (κ3) is 4.18. The van der Waals surface area contributed by atoms with Crippen LogP contribution < -0.4 is 10.6 Å². The molecular formula is C15H25ClN2. The summed E-state index contributed by atoms with van der Waals surface area (Å²) in [6.45, 7) is 9.44. The molecule has 1 unspecified atom stereocenters. The first kappa shape index (κ1) is 15.3. The molecule has 0 bridgehead atoms. The van der Waals surface area contributed by atoms with Crippen LogP contribution in [0.3, 0.4) is 0 Å². The molecule has 1 rings (SSSR count). The standard InChI is InChI=1S/C15H25ClN2/c1-4-12(3)11-18(5-2)14-7-6-13(8-9-17)15(16)10-14/h6-7,10,12H,4-5,8-9,11,17H2,1-3H3. The molecule has 1 aromatic carbocycles. The average molecular weight is 269 g/mol. The van der Waals surface area contributed by atoms with Crippen molar-refractivity contribution >= 4 is 17.3 Å². The van der Waals surface area contributed by atoms with Crippen LogP contribution in [0.4, 0.5) is 5.69 Å². The molecule has 1 atom stereocenters. The Bertz CT molecular complexity index is 366. The van der Waals surface area contributed by atoms with Crippen molar-refractivity contribution < 1.29 is 0 Å². The highest BCUT2D eigenvalue weighted by Crippen LogP contribution is 2.25. The van der Waals surface area contributed by atoms with Gasteiger partial charge >= 0.3 is 0 Å². The Balaban J connectivity index is 2.83. The Labute approximate surface area is 116 Å². The highest BCUT2D eigenvalue weighted by molar-refractivity contribution is 6.31. The van der Waals surface area contributed by atoms with E-state index >= 15 is 0 Å². The van der Waals surface area contributed by atoms with Crippen molar-refractivity contribution in [1.29, 1.82) is 0 Å². The number of benzene rings is 1. The molecule has 18 heavy (non-hydrogen) atoms. The molecule has 0 amide bonds. The minimum Gasteiger partial charge on any atom is -0.372 e. The van der Waals surface area contributed by atoms with Gasteiger partial charge in [-0.15, -0.1) is 0 Å². The van der Waals surface area contributed by atoms with E-state index in [1.165, 1.54) is 12.1 Å². The Morgan fingerprint density at radius 2 is 2.06 bits per heavy atom. The third-order valence-electron chi connectivity index (χ3n) is 3.43. The average Bonchev–Trinajstić information content (AvgIpc) is 2.38. The van der Waals surface area contributed by atoms with Crippen LogP contribution in [0.1, 0.15) is 32.8 Å². The van der Waals surface area contributed by atoms with Crippen LogP contribution in [0.5, 0.6) is 0 Å². The van der Waals surface area contributed by atoms with Crippen molar-refractivity contribution in [3.63, 3.8) is 0 Å². The van der Waals surface area contributed by atoms with Gasteiger partial charge in [-0.3, -0.25) is 0 Å². The maximum atomic E-state index is 6.30. The fourth-order valence-corrected chi connectivity index (χ4v) is 2.28. The summed E-state index contributed by atoms with van der Waals surface area (Å²) in [5.41, 5.74) is 7.92. The van der Waals surface area contributed by atoms with Gasteiger partial charge in [-0.2, -0.15) is 0 Å². The second kappa shape index (κ2) is 7.65. The van der Waals surface area contributed by atoms with E-state index in [1.54, 1.807) is 0 Å². The predicted octanol–water partition coefficient (Wildman–Crippen LogP) is 3.71. The van der Waals surface area contributed by atoms with Crippen molar-refractivity contribution in [1.82, 2.24) is 0 Å². The summed E-state index contributed by atoms with van der Waals surface area (Å²) in [4.78, 5) is 2.38. The summed E-state index contributed by atoms with van der Waals surface area (Å²) >= 11 is 6.30. The van der Waals surface area contributed by atoms with Crippen molar-refractivity contribution in [2.75, 3.05) is 24.5 Å². The van der Waals surface area contributed by atoms with E-state index in [0.29, 0.717) is 12.5 Å². The minimum atomic E-state index is 0.642. The summed E-state index contributed by atoms with van der Waals surface area (Å²) in [5.74, 6) is 0.701. The molecule has 0 saturated carbocycles. The number of halogens is 1. The SMILES string of the molecule is CCC(C)CN(CC)c1ccc(CCN)c(Cl)c1. The lowest BCUT2D eigenvalue weighted by Crippen LogP contribution is -2.28. The van der Waals surface area contributed by atoms with E-state index in [-0.39, 0.29) is 0 Å². The van der Waals surface area contributed by atoms with E-state index in [9.17, 15) is 0 Å². The second-order valence-electron chi connectivity index (χ2n) is 4.87. The summed E-state index contributed by atoms with van der Waals surface area (Å²) in [6, 6.07) is 6.32. The zero-order valence-corrected chi connectivity index (χ0v) is 12.5. The van der Waals surface area contributed by atoms with E-state index in [0.717, 1.165) is 30.1 Å². The molecule has 0 heterocycles. The van der Waals surface area contributed by atoms with Crippen molar-refractivity contribution in [3.8, 4) is 0 Å². The van der Waals surface area contributed by atoms with Gasteiger partial charge in [0.15, 0.2) is 0 Å². The molecule has 2 nitrogen and oxygen atoms in total. The van der Waals surface area contributed by atoms with Crippen LogP contribution in [0.15, 0.2) is 18.2 Å². The number of rotatable bonds is 7. The van der Waals surface area contributed by atoms with Gasteiger partial charge in [-0.1, -0.05) is 37.9 Å². The molecular weight excluding hydrogens is 244 g/mol. The quantitative estimate of drug-likeness (QED) is 0.817. The molecule has 0 saturated heterocycles. The van der Waals surface area contributed by atoms with Crippen molar-refractivity contribution in [2.24, 2.45) is 11.7 Å². The lowest BCUT2D eigenvalue weighted by molar-refractivity contribution is 0.548. The summed E-state index contributed by atoms with van der Waals surface area (Å²) < 4.78 is 0. The summed E-state index contributed by atoms with van der Waals surface area (Å²) in [6.07, 6.45) is 2.05. The molecule has 0 aromatic heterocycles. The molecule has 1 aromatic rings. The van der Waals surface area contributed by atoms with Crippen LogP contribution in [0.25, 0.3) is 0 Å². The molecule has 3 heteroatoms. The maximum absolute atomic E-state index is 6.30. The highest BCUT2D eigenvalue weighted by atomic mass is 35.5. The van der Waals surface area contributed by atoms with Gasteiger partial charge < -0.3 is 10.6 Å². The smallest absolute Gasteiger partial charge is 0.0459 e. The van der Waals surface area contributed by atoms with Crippen molar-refractivity contribution in [3.05, 3.63) is 28.8 Å². The topological polar surface area (TPSA) is 29.3 Å². The van der Waals surface area contributed by atoms with E-state index in [1.807, 2.05) is 0 Å². The monoisotopic (exact) mass is 268 g/mol. The van der Waals surface area contributed by atoms with Crippen LogP contribution in [-0.4, -0.2) is 19.6 Å². The second-order valence-corrected chi connectivity index (χ2v) is 5.27. The van der Waals surface area contributed by atoms with Crippen LogP contribution >= 0.6 is 11.6 Å². The summed E-state index contributed by atoms with van der Waals surface area (Å²) in [7, 11) is 0. The van der Waals surface area contributed by atoms with E-state index in [4.69, 9.17) is 17.3 Å². The molecule has 0 aliphatic heterocycles. The Kier molecular flexibility index (Phi) is 6.51. The lowest BCUT2D eigenvalue weighted by Gasteiger charge is -2.26. The summed E-state index contributed by atoms with van der Waals surface area (Å²) in [5, 5.41) is 0.834. The van der Waals surface area contributed by atoms with Crippen molar-refractivity contribution in [2.45, 2.75) is 33.6 Å². The molecule has 102 valence electrons. The van der Waals surface area contributed by atoms with Gasteiger partial charge in [0.2, 0.25) is 0 Å². The van der Waals surface area contributed by atoms with Gasteiger partial charge in [0.1, 0.15) is 0 Å². The van der Waals surface area contributed by atoms with Gasteiger partial charge in [0.25, 0.3) is 0 Å². The predicted molar refractivity (Wildman–Crippen MR) is 81.6 cm³/mol. The van der Waals surface area contributed by atoms with E-state index < -0.39 is 0 Å². The first-order valence-electron chi connectivity index (χ1n) is 6.85. The first-order chi connectivity index (χ1) is 8.62. The van der Waals surface area contributed by atoms with Crippen LogP contribution in [0.2, 0.25) is 5.02 Å². The Morgan fingerprint density at radius 3 is 2.56 bits per heavy atom. The first-order valence-corrected chi connectivity index (χ1v) is 7.23. The number of anilines is 1. The molecule has 0 radical (unpaired) electrons. The lowest BCUT2D eigenvalue weighted by atomic mass is 10.1. The largest absolute Gasteiger partial charge is 0.372 e. The molecule has 2 N–H and O–H groups in total. The number of nitrogens with zero attached hydrogens (tertiary/aromatic N) is 1. The number of hydrogen-bond donors (Lipinski definition) is 1. The minimum absolute atomic E-state index is 0.642. The fourth-order valence-electron chi connectivity index (χ4n) is 2.01. The van der Waals surface area contributed by atoms with Gasteiger partial charge in [-0.05, 0) is 43.5 Å². The van der Waals surface area contributed by atoms with Gasteiger partial charge in [-0.25, -0.2) is 0 Å². The zero-order valence-electron chi connectivity index (χ0n) is 11.7. The molecule has 0 aliphatic carbocycles. The molecule has 0 aliphatic rings. The normalized spacial score (nSPS) is 12.5. The van der Waals surface area contributed by atoms with Crippen LogP contribution in [0, 0.1) is 5.92 Å². The van der Waals surface area contributed by atoms with Gasteiger partial charge in [0.05, 0.1) is 0 Å². The third-order valence-corrected chi connectivity index (χ3v) is 3.78. The maximum Gasteiger partial charge on any atom is 0.0459 e. The van der Waals surface area contributed by atoms with Gasteiger partial charge in [0, 0.05) is 23.8 Å². The zero-order chi connectivity index (χ0) is 13.5. The number of hydrogen-bond acceptors (Lipinski definition) is 2. The van der Waals surface area contributed by atoms with Crippen LogP contribution in [-0.2, 0) is 6.42 Å². The Hall–Kier alpha value is -0.730. The Morgan fingerprint density at radius 1 is 1.33 bits per heavy atom. The van der Waals surface area contributed by atoms with E-state index in [2.05, 4.69) is 43.9 Å². The molecule has 0 fully saturated rings. The highest BCUT2D eigenvalue weighted by Gasteiger charge is 2.10. The fraction of sp³-hybridized carbons (Fsp3) is 0.600.